The third-order valence-corrected chi connectivity index (χ3v) is 2.74. The summed E-state index contributed by atoms with van der Waals surface area (Å²) in [5.41, 5.74) is 4.50. The second-order valence-corrected chi connectivity index (χ2v) is 4.57. The van der Waals surface area contributed by atoms with E-state index in [1.807, 2.05) is 0 Å². The molecule has 0 fully saturated rings. The molecule has 0 radical (unpaired) electrons. The zero-order valence-corrected chi connectivity index (χ0v) is 12.0. The predicted octanol–water partition coefficient (Wildman–Crippen LogP) is 2.32. The standard InChI is InChI=1S/C12H14Cl2N2O3/c1-3-11(17)15-16-12(18)7(2)19-10-5-4-8(13)6-9(10)14/h4-7H,3H2,1-2H3,(H,15,17)(H,16,18)/t7-/m1/s1. The summed E-state index contributed by atoms with van der Waals surface area (Å²) in [6.07, 6.45) is -0.533. The van der Waals surface area contributed by atoms with Crippen LogP contribution in [0.3, 0.4) is 0 Å². The molecule has 1 aromatic carbocycles. The number of ether oxygens (including phenoxy) is 1. The molecule has 5 nitrogen and oxygen atoms in total. The zero-order valence-electron chi connectivity index (χ0n) is 10.5. The van der Waals surface area contributed by atoms with E-state index in [2.05, 4.69) is 10.9 Å². The minimum absolute atomic E-state index is 0.276. The lowest BCUT2D eigenvalue weighted by atomic mass is 10.3. The fourth-order valence-electron chi connectivity index (χ4n) is 1.14. The summed E-state index contributed by atoms with van der Waals surface area (Å²) >= 11 is 11.7. The van der Waals surface area contributed by atoms with E-state index in [9.17, 15) is 9.59 Å². The molecule has 19 heavy (non-hydrogen) atoms. The van der Waals surface area contributed by atoms with E-state index in [0.717, 1.165) is 0 Å². The second-order valence-electron chi connectivity index (χ2n) is 3.73. The predicted molar refractivity (Wildman–Crippen MR) is 73.1 cm³/mol. The molecule has 0 spiro atoms. The lowest BCUT2D eigenvalue weighted by Gasteiger charge is -2.15. The van der Waals surface area contributed by atoms with Crippen LogP contribution in [-0.4, -0.2) is 17.9 Å². The third kappa shape index (κ3) is 4.96. The quantitative estimate of drug-likeness (QED) is 0.839. The summed E-state index contributed by atoms with van der Waals surface area (Å²) in [6, 6.07) is 4.69. The SMILES string of the molecule is CCC(=O)NNC(=O)[C@@H](C)Oc1ccc(Cl)cc1Cl. The topological polar surface area (TPSA) is 67.4 Å². The lowest BCUT2D eigenvalue weighted by molar-refractivity contribution is -0.132. The highest BCUT2D eigenvalue weighted by Gasteiger charge is 2.16. The molecular formula is C12H14Cl2N2O3. The fourth-order valence-corrected chi connectivity index (χ4v) is 1.59. The van der Waals surface area contributed by atoms with Crippen LogP contribution in [0.4, 0.5) is 0 Å². The van der Waals surface area contributed by atoms with Gasteiger partial charge in [0.05, 0.1) is 5.02 Å². The highest BCUT2D eigenvalue weighted by Crippen LogP contribution is 2.28. The first-order valence-electron chi connectivity index (χ1n) is 5.64. The monoisotopic (exact) mass is 304 g/mol. The Morgan fingerprint density at radius 3 is 2.58 bits per heavy atom. The molecule has 1 atom stereocenters. The molecule has 1 rings (SSSR count). The number of nitrogens with one attached hydrogen (secondary N) is 2. The van der Waals surface area contributed by atoms with Gasteiger partial charge >= 0.3 is 0 Å². The van der Waals surface area contributed by atoms with Crippen LogP contribution < -0.4 is 15.6 Å². The molecule has 0 saturated heterocycles. The average molecular weight is 305 g/mol. The Labute approximate surface area is 121 Å². The van der Waals surface area contributed by atoms with E-state index < -0.39 is 12.0 Å². The molecule has 0 aromatic heterocycles. The first-order chi connectivity index (χ1) is 8.93. The number of halogens is 2. The number of hydrogen-bond acceptors (Lipinski definition) is 3. The number of hydrazine groups is 1. The zero-order chi connectivity index (χ0) is 14.4. The Kier molecular flexibility index (Phi) is 5.92. The van der Waals surface area contributed by atoms with Crippen molar-refractivity contribution in [2.45, 2.75) is 26.4 Å². The molecule has 0 heterocycles. The number of hydrogen-bond donors (Lipinski definition) is 2. The van der Waals surface area contributed by atoms with Gasteiger partial charge in [-0.05, 0) is 25.1 Å². The number of carbonyl (C=O) groups is 2. The Hall–Kier alpha value is -1.46. The summed E-state index contributed by atoms with van der Waals surface area (Å²) in [6.45, 7) is 3.22. The maximum Gasteiger partial charge on any atom is 0.279 e. The van der Waals surface area contributed by atoms with Gasteiger partial charge in [-0.15, -0.1) is 0 Å². The van der Waals surface area contributed by atoms with Gasteiger partial charge in [-0.25, -0.2) is 0 Å². The van der Waals surface area contributed by atoms with Gasteiger partial charge in [0.15, 0.2) is 6.10 Å². The number of carbonyl (C=O) groups excluding carboxylic acids is 2. The van der Waals surface area contributed by atoms with Crippen molar-refractivity contribution in [2.24, 2.45) is 0 Å². The molecular weight excluding hydrogens is 291 g/mol. The van der Waals surface area contributed by atoms with Gasteiger partial charge in [0, 0.05) is 11.4 Å². The second kappa shape index (κ2) is 7.21. The number of rotatable bonds is 4. The van der Waals surface area contributed by atoms with Crippen LogP contribution in [0.15, 0.2) is 18.2 Å². The molecule has 1 aromatic rings. The Morgan fingerprint density at radius 1 is 1.32 bits per heavy atom. The van der Waals surface area contributed by atoms with Crippen molar-refractivity contribution in [3.63, 3.8) is 0 Å². The van der Waals surface area contributed by atoms with Crippen LogP contribution in [0.2, 0.25) is 10.0 Å². The summed E-state index contributed by atoms with van der Waals surface area (Å²) in [7, 11) is 0. The van der Waals surface area contributed by atoms with Gasteiger partial charge in [-0.1, -0.05) is 30.1 Å². The van der Waals surface area contributed by atoms with Crippen molar-refractivity contribution in [3.8, 4) is 5.75 Å². The van der Waals surface area contributed by atoms with Crippen LogP contribution in [0.1, 0.15) is 20.3 Å². The summed E-state index contributed by atoms with van der Waals surface area (Å²) in [5, 5.41) is 0.786. The number of amides is 2. The van der Waals surface area contributed by atoms with Crippen molar-refractivity contribution in [3.05, 3.63) is 28.2 Å². The molecule has 2 N–H and O–H groups in total. The molecule has 0 aliphatic rings. The van der Waals surface area contributed by atoms with Gasteiger partial charge in [-0.2, -0.15) is 0 Å². The Morgan fingerprint density at radius 2 is 2.00 bits per heavy atom. The first kappa shape index (κ1) is 15.6. The van der Waals surface area contributed by atoms with Crippen molar-refractivity contribution >= 4 is 35.0 Å². The van der Waals surface area contributed by atoms with Crippen molar-refractivity contribution < 1.29 is 14.3 Å². The molecule has 7 heteroatoms. The van der Waals surface area contributed by atoms with Crippen molar-refractivity contribution in [1.29, 1.82) is 0 Å². The minimum Gasteiger partial charge on any atom is -0.479 e. The average Bonchev–Trinajstić information content (AvgIpc) is 2.38. The highest BCUT2D eigenvalue weighted by atomic mass is 35.5. The molecule has 0 unspecified atom stereocenters. The summed E-state index contributed by atoms with van der Waals surface area (Å²) in [4.78, 5) is 22.6. The maximum absolute atomic E-state index is 11.6. The molecule has 2 amide bonds. The van der Waals surface area contributed by atoms with Crippen LogP contribution >= 0.6 is 23.2 Å². The van der Waals surface area contributed by atoms with Gasteiger partial charge in [0.2, 0.25) is 5.91 Å². The van der Waals surface area contributed by atoms with E-state index in [1.54, 1.807) is 26.0 Å². The van der Waals surface area contributed by atoms with Gasteiger partial charge in [-0.3, -0.25) is 20.4 Å². The summed E-state index contributed by atoms with van der Waals surface area (Å²) < 4.78 is 5.37. The molecule has 0 bridgehead atoms. The van der Waals surface area contributed by atoms with Crippen LogP contribution in [0, 0.1) is 0 Å². The highest BCUT2D eigenvalue weighted by molar-refractivity contribution is 6.35. The van der Waals surface area contributed by atoms with Crippen LogP contribution in [0.25, 0.3) is 0 Å². The van der Waals surface area contributed by atoms with E-state index in [-0.39, 0.29) is 12.3 Å². The summed E-state index contributed by atoms with van der Waals surface area (Å²) in [5.74, 6) is -0.423. The minimum atomic E-state index is -0.809. The molecule has 0 saturated carbocycles. The van der Waals surface area contributed by atoms with Gasteiger partial charge < -0.3 is 4.74 Å². The van der Waals surface area contributed by atoms with Gasteiger partial charge in [0.25, 0.3) is 5.91 Å². The molecule has 0 aliphatic carbocycles. The Balaban J connectivity index is 2.56. The fraction of sp³-hybridized carbons (Fsp3) is 0.333. The number of benzene rings is 1. The van der Waals surface area contributed by atoms with Crippen LogP contribution in [0.5, 0.6) is 5.75 Å². The largest absolute Gasteiger partial charge is 0.479 e. The van der Waals surface area contributed by atoms with Crippen molar-refractivity contribution in [2.75, 3.05) is 0 Å². The molecule has 0 aliphatic heterocycles. The van der Waals surface area contributed by atoms with Gasteiger partial charge in [0.1, 0.15) is 5.75 Å². The van der Waals surface area contributed by atoms with E-state index in [4.69, 9.17) is 27.9 Å². The van der Waals surface area contributed by atoms with Crippen LogP contribution in [-0.2, 0) is 9.59 Å². The molecule has 104 valence electrons. The maximum atomic E-state index is 11.6. The smallest absolute Gasteiger partial charge is 0.279 e. The third-order valence-electron chi connectivity index (χ3n) is 2.21. The Bertz CT molecular complexity index is 480. The normalized spacial score (nSPS) is 11.6. The van der Waals surface area contributed by atoms with Crippen molar-refractivity contribution in [1.82, 2.24) is 10.9 Å². The lowest BCUT2D eigenvalue weighted by Crippen LogP contribution is -2.46. The van der Waals surface area contributed by atoms with E-state index >= 15 is 0 Å². The van der Waals surface area contributed by atoms with E-state index in [1.165, 1.54) is 6.07 Å². The first-order valence-corrected chi connectivity index (χ1v) is 6.40. The van der Waals surface area contributed by atoms with E-state index in [0.29, 0.717) is 15.8 Å².